The number of hydrogen-bond donors (Lipinski definition) is 2. The third-order valence-corrected chi connectivity index (χ3v) is 6.11. The van der Waals surface area contributed by atoms with E-state index in [2.05, 4.69) is 22.0 Å². The molecule has 2 aromatic carbocycles. The first kappa shape index (κ1) is 21.0. The summed E-state index contributed by atoms with van der Waals surface area (Å²) in [6.45, 7) is 5.05. The number of fused-ring (bicyclic) bond motifs is 1. The van der Waals surface area contributed by atoms with Gasteiger partial charge in [0, 0.05) is 29.6 Å². The number of aryl methyl sites for hydroxylation is 1. The number of likely N-dealkylation sites (tertiary alicyclic amines) is 1. The van der Waals surface area contributed by atoms with Gasteiger partial charge in [-0.1, -0.05) is 12.1 Å². The number of aromatic amines is 1. The summed E-state index contributed by atoms with van der Waals surface area (Å²) in [4.78, 5) is 20.9. The van der Waals surface area contributed by atoms with Gasteiger partial charge in [0.25, 0.3) is 5.69 Å². The second-order valence-electron chi connectivity index (χ2n) is 8.34. The van der Waals surface area contributed by atoms with E-state index < -0.39 is 4.92 Å². The van der Waals surface area contributed by atoms with Gasteiger partial charge in [-0.15, -0.1) is 0 Å². The van der Waals surface area contributed by atoms with Gasteiger partial charge in [-0.05, 0) is 62.7 Å². The summed E-state index contributed by atoms with van der Waals surface area (Å²) in [6.07, 6.45) is 4.09. The first-order valence-corrected chi connectivity index (χ1v) is 10.9. The van der Waals surface area contributed by atoms with E-state index in [1.165, 1.54) is 30.5 Å². The van der Waals surface area contributed by atoms with Crippen LogP contribution in [0.5, 0.6) is 5.88 Å². The Hall–Kier alpha value is -3.91. The SMILES string of the molecule is Cc1occc1C(=Nc1ccc(CN2CCCC2)cc1)c1c(O)[nH]c2cc([N+](=O)[O-])ccc12. The van der Waals surface area contributed by atoms with Crippen LogP contribution in [0.2, 0.25) is 0 Å². The number of aromatic nitrogens is 1. The van der Waals surface area contributed by atoms with Crippen LogP contribution in [0.3, 0.4) is 0 Å². The minimum atomic E-state index is -0.462. The molecule has 0 saturated carbocycles. The quantitative estimate of drug-likeness (QED) is 0.234. The summed E-state index contributed by atoms with van der Waals surface area (Å²) < 4.78 is 5.51. The number of furan rings is 1. The first-order valence-electron chi connectivity index (χ1n) is 10.9. The number of nitrogens with zero attached hydrogens (tertiary/aromatic N) is 3. The Labute approximate surface area is 190 Å². The van der Waals surface area contributed by atoms with Crippen LogP contribution in [0, 0.1) is 17.0 Å². The van der Waals surface area contributed by atoms with Crippen LogP contribution in [0.4, 0.5) is 11.4 Å². The lowest BCUT2D eigenvalue weighted by Gasteiger charge is -2.14. The molecule has 2 N–H and O–H groups in total. The van der Waals surface area contributed by atoms with Gasteiger partial charge in [-0.25, -0.2) is 4.99 Å². The summed E-state index contributed by atoms with van der Waals surface area (Å²) in [5, 5.41) is 22.6. The maximum absolute atomic E-state index is 11.2. The molecule has 1 aliphatic heterocycles. The fourth-order valence-electron chi connectivity index (χ4n) is 4.41. The fourth-order valence-corrected chi connectivity index (χ4v) is 4.41. The molecule has 0 aliphatic carbocycles. The molecule has 0 radical (unpaired) electrons. The van der Waals surface area contributed by atoms with Gasteiger partial charge >= 0.3 is 0 Å². The molecule has 1 fully saturated rings. The van der Waals surface area contributed by atoms with Crippen LogP contribution in [0.15, 0.2) is 64.2 Å². The second-order valence-corrected chi connectivity index (χ2v) is 8.34. The molecule has 0 amide bonds. The minimum Gasteiger partial charge on any atom is -0.494 e. The first-order chi connectivity index (χ1) is 16.0. The van der Waals surface area contributed by atoms with Crippen molar-refractivity contribution in [3.8, 4) is 5.88 Å². The van der Waals surface area contributed by atoms with E-state index in [1.54, 1.807) is 18.4 Å². The molecule has 168 valence electrons. The predicted molar refractivity (Wildman–Crippen MR) is 126 cm³/mol. The van der Waals surface area contributed by atoms with E-state index in [9.17, 15) is 15.2 Å². The zero-order valence-corrected chi connectivity index (χ0v) is 18.2. The van der Waals surface area contributed by atoms with Crippen LogP contribution in [-0.4, -0.2) is 38.7 Å². The Morgan fingerprint density at radius 2 is 1.94 bits per heavy atom. The number of non-ortho nitro benzene ring substituents is 1. The standard InChI is InChI=1S/C25H24N4O4/c1-16-20(10-13-33-16)24(23-21-9-8-19(29(31)32)14-22(21)27-25(23)30)26-18-6-4-17(5-7-18)15-28-11-2-3-12-28/h4-10,13-14,27,30H,2-3,11-12,15H2,1H3. The lowest BCUT2D eigenvalue weighted by atomic mass is 10.0. The van der Waals surface area contributed by atoms with Crippen molar-refractivity contribution in [3.63, 3.8) is 0 Å². The van der Waals surface area contributed by atoms with Gasteiger partial charge in [0.2, 0.25) is 0 Å². The molecule has 0 atom stereocenters. The van der Waals surface area contributed by atoms with E-state index in [1.807, 2.05) is 19.1 Å². The summed E-state index contributed by atoms with van der Waals surface area (Å²) in [6, 6.07) is 14.4. The topological polar surface area (TPSA) is 108 Å². The number of benzene rings is 2. The third-order valence-electron chi connectivity index (χ3n) is 6.11. The average Bonchev–Trinajstić information content (AvgIpc) is 3.53. The molecule has 1 aliphatic rings. The Morgan fingerprint density at radius 1 is 1.18 bits per heavy atom. The van der Waals surface area contributed by atoms with Gasteiger partial charge in [0.05, 0.1) is 33.7 Å². The fraction of sp³-hybridized carbons (Fsp3) is 0.240. The van der Waals surface area contributed by atoms with E-state index in [0.717, 1.165) is 30.9 Å². The number of aromatic hydroxyl groups is 1. The smallest absolute Gasteiger partial charge is 0.271 e. The molecule has 0 unspecified atom stereocenters. The van der Waals surface area contributed by atoms with E-state index in [-0.39, 0.29) is 11.6 Å². The normalized spacial score (nSPS) is 14.9. The lowest BCUT2D eigenvalue weighted by Crippen LogP contribution is -2.18. The van der Waals surface area contributed by atoms with Crippen molar-refractivity contribution in [2.45, 2.75) is 26.3 Å². The number of nitro groups is 1. The Kier molecular flexibility index (Phi) is 5.43. The van der Waals surface area contributed by atoms with Gasteiger partial charge < -0.3 is 14.5 Å². The maximum atomic E-state index is 11.2. The maximum Gasteiger partial charge on any atom is 0.271 e. The second kappa shape index (κ2) is 8.55. The monoisotopic (exact) mass is 444 g/mol. The van der Waals surface area contributed by atoms with Crippen LogP contribution in [0.1, 0.15) is 35.3 Å². The summed E-state index contributed by atoms with van der Waals surface area (Å²) in [5.41, 5.74) is 4.14. The van der Waals surface area contributed by atoms with Crippen molar-refractivity contribution in [2.75, 3.05) is 13.1 Å². The summed E-state index contributed by atoms with van der Waals surface area (Å²) in [5.74, 6) is 0.561. The zero-order valence-electron chi connectivity index (χ0n) is 18.2. The Bertz CT molecular complexity index is 1340. The number of hydrogen-bond acceptors (Lipinski definition) is 6. The number of nitrogens with one attached hydrogen (secondary N) is 1. The van der Waals surface area contributed by atoms with Crippen molar-refractivity contribution in [3.05, 3.63) is 87.4 Å². The Balaban J connectivity index is 1.57. The van der Waals surface area contributed by atoms with E-state index in [0.29, 0.717) is 27.9 Å². The number of rotatable bonds is 6. The minimum absolute atomic E-state index is 0.0538. The highest BCUT2D eigenvalue weighted by Crippen LogP contribution is 2.34. The Morgan fingerprint density at radius 3 is 2.61 bits per heavy atom. The van der Waals surface area contributed by atoms with Gasteiger partial charge in [-0.3, -0.25) is 15.0 Å². The third kappa shape index (κ3) is 4.12. The van der Waals surface area contributed by atoms with Crippen LogP contribution >= 0.6 is 0 Å². The van der Waals surface area contributed by atoms with E-state index >= 15 is 0 Å². The molecule has 1 saturated heterocycles. The molecule has 33 heavy (non-hydrogen) atoms. The number of aliphatic imine (C=N–C) groups is 1. The van der Waals surface area contributed by atoms with Crippen molar-refractivity contribution in [2.24, 2.45) is 4.99 Å². The molecular weight excluding hydrogens is 420 g/mol. The van der Waals surface area contributed by atoms with E-state index in [4.69, 9.17) is 9.41 Å². The van der Waals surface area contributed by atoms with Gasteiger partial charge in [0.1, 0.15) is 5.76 Å². The van der Waals surface area contributed by atoms with Crippen molar-refractivity contribution < 1.29 is 14.4 Å². The van der Waals surface area contributed by atoms with Crippen LogP contribution in [-0.2, 0) is 6.54 Å². The molecule has 5 rings (SSSR count). The van der Waals surface area contributed by atoms with Gasteiger partial charge in [-0.2, -0.15) is 0 Å². The molecule has 3 heterocycles. The van der Waals surface area contributed by atoms with Crippen LogP contribution < -0.4 is 0 Å². The molecule has 0 spiro atoms. The highest BCUT2D eigenvalue weighted by molar-refractivity contribution is 6.22. The average molecular weight is 444 g/mol. The predicted octanol–water partition coefficient (Wildman–Crippen LogP) is 5.45. The molecule has 4 aromatic rings. The summed E-state index contributed by atoms with van der Waals surface area (Å²) >= 11 is 0. The van der Waals surface area contributed by atoms with Crippen LogP contribution in [0.25, 0.3) is 10.9 Å². The molecule has 8 nitrogen and oxygen atoms in total. The summed E-state index contributed by atoms with van der Waals surface area (Å²) in [7, 11) is 0. The molecular formula is C25H24N4O4. The van der Waals surface area contributed by atoms with Crippen molar-refractivity contribution in [1.29, 1.82) is 0 Å². The zero-order chi connectivity index (χ0) is 22.9. The number of nitro benzene ring substituents is 1. The largest absolute Gasteiger partial charge is 0.494 e. The van der Waals surface area contributed by atoms with Gasteiger partial charge in [0.15, 0.2) is 5.88 Å². The highest BCUT2D eigenvalue weighted by atomic mass is 16.6. The molecule has 0 bridgehead atoms. The lowest BCUT2D eigenvalue weighted by molar-refractivity contribution is -0.384. The highest BCUT2D eigenvalue weighted by Gasteiger charge is 2.22. The van der Waals surface area contributed by atoms with Crippen molar-refractivity contribution >= 4 is 28.0 Å². The van der Waals surface area contributed by atoms with Crippen molar-refractivity contribution in [1.82, 2.24) is 9.88 Å². The molecule has 8 heteroatoms. The molecule has 2 aromatic heterocycles. The number of H-pyrrole nitrogens is 1.